The summed E-state index contributed by atoms with van der Waals surface area (Å²) in [6.07, 6.45) is 0. The van der Waals surface area contributed by atoms with Gasteiger partial charge in [0.1, 0.15) is 6.04 Å². The molecule has 19 heavy (non-hydrogen) atoms. The number of benzene rings is 1. The molecule has 1 aromatic carbocycles. The predicted octanol–water partition coefficient (Wildman–Crippen LogP) is 2.11. The minimum atomic E-state index is -0.961. The molecule has 0 saturated heterocycles. The van der Waals surface area contributed by atoms with Crippen molar-refractivity contribution < 1.29 is 14.7 Å². The highest BCUT2D eigenvalue weighted by atomic mass is 35.5. The van der Waals surface area contributed by atoms with Crippen molar-refractivity contribution in [1.82, 2.24) is 4.90 Å². The van der Waals surface area contributed by atoms with Crippen molar-refractivity contribution in [3.05, 3.63) is 29.3 Å². The Hall–Kier alpha value is -1.30. The van der Waals surface area contributed by atoms with Crippen LogP contribution >= 0.6 is 24.0 Å². The van der Waals surface area contributed by atoms with Gasteiger partial charge in [0.15, 0.2) is 0 Å². The van der Waals surface area contributed by atoms with E-state index >= 15 is 0 Å². The Kier molecular flexibility index (Phi) is 7.44. The first-order valence-corrected chi connectivity index (χ1v) is 5.76. The lowest BCUT2D eigenvalue weighted by Gasteiger charge is -2.20. The van der Waals surface area contributed by atoms with Gasteiger partial charge in [0.25, 0.3) is 0 Å². The number of aliphatic carboxylic acids is 1. The summed E-state index contributed by atoms with van der Waals surface area (Å²) in [6.45, 7) is 1.54. The third-order valence-electron chi connectivity index (χ3n) is 2.54. The zero-order valence-corrected chi connectivity index (χ0v) is 12.2. The van der Waals surface area contributed by atoms with E-state index in [9.17, 15) is 9.59 Å². The number of amides is 1. The summed E-state index contributed by atoms with van der Waals surface area (Å²) in [6, 6.07) is 5.99. The maximum absolute atomic E-state index is 11.7. The predicted molar refractivity (Wildman–Crippen MR) is 77.1 cm³/mol. The average Bonchev–Trinajstić information content (AvgIpc) is 2.30. The molecule has 1 amide bonds. The standard InChI is InChI=1S/C12H15ClN2O3.ClH/c1-8(12(17)18)15(2)7-11(16)14-10-5-3-9(13)4-6-10;/h3-6,8H,7H2,1-2H3,(H,14,16)(H,17,18);1H. The molecular weight excluding hydrogens is 291 g/mol. The summed E-state index contributed by atoms with van der Waals surface area (Å²) < 4.78 is 0. The lowest BCUT2D eigenvalue weighted by Crippen LogP contribution is -2.40. The van der Waals surface area contributed by atoms with Gasteiger partial charge in [-0.05, 0) is 38.2 Å². The van der Waals surface area contributed by atoms with Gasteiger partial charge in [-0.15, -0.1) is 12.4 Å². The van der Waals surface area contributed by atoms with E-state index in [1.165, 1.54) is 11.8 Å². The van der Waals surface area contributed by atoms with Gasteiger partial charge in [-0.25, -0.2) is 0 Å². The van der Waals surface area contributed by atoms with Crippen LogP contribution in [0.25, 0.3) is 0 Å². The quantitative estimate of drug-likeness (QED) is 0.874. The first-order valence-electron chi connectivity index (χ1n) is 5.38. The SMILES string of the molecule is CC(C(=O)O)N(C)CC(=O)Nc1ccc(Cl)cc1.Cl. The Morgan fingerprint density at radius 2 is 1.89 bits per heavy atom. The second kappa shape index (κ2) is 7.99. The van der Waals surface area contributed by atoms with Crippen LogP contribution in [0.1, 0.15) is 6.92 Å². The number of halogens is 2. The van der Waals surface area contributed by atoms with E-state index in [1.54, 1.807) is 31.3 Å². The van der Waals surface area contributed by atoms with Gasteiger partial charge in [-0.3, -0.25) is 14.5 Å². The van der Waals surface area contributed by atoms with Crippen molar-refractivity contribution in [3.63, 3.8) is 0 Å². The molecule has 1 aromatic rings. The Morgan fingerprint density at radius 1 is 1.37 bits per heavy atom. The highest BCUT2D eigenvalue weighted by Crippen LogP contribution is 2.13. The summed E-state index contributed by atoms with van der Waals surface area (Å²) >= 11 is 5.72. The molecule has 1 unspecified atom stereocenters. The number of hydrogen-bond acceptors (Lipinski definition) is 3. The molecule has 0 bridgehead atoms. The van der Waals surface area contributed by atoms with E-state index in [0.717, 1.165) is 0 Å². The molecule has 0 spiro atoms. The van der Waals surface area contributed by atoms with Gasteiger partial charge in [0, 0.05) is 10.7 Å². The number of likely N-dealkylation sites (N-methyl/N-ethyl adjacent to an activating group) is 1. The van der Waals surface area contributed by atoms with E-state index in [0.29, 0.717) is 10.7 Å². The van der Waals surface area contributed by atoms with Crippen LogP contribution in [0.2, 0.25) is 5.02 Å². The van der Waals surface area contributed by atoms with Crippen LogP contribution in [0, 0.1) is 0 Å². The van der Waals surface area contributed by atoms with Gasteiger partial charge in [0.2, 0.25) is 5.91 Å². The van der Waals surface area contributed by atoms with E-state index in [1.807, 2.05) is 0 Å². The first kappa shape index (κ1) is 17.7. The number of rotatable bonds is 5. The molecule has 7 heteroatoms. The lowest BCUT2D eigenvalue weighted by molar-refractivity contribution is -0.142. The number of carbonyl (C=O) groups excluding carboxylic acids is 1. The molecule has 0 fully saturated rings. The molecule has 0 radical (unpaired) electrons. The maximum Gasteiger partial charge on any atom is 0.320 e. The Balaban J connectivity index is 0.00000324. The molecule has 0 aliphatic rings. The summed E-state index contributed by atoms with van der Waals surface area (Å²) in [7, 11) is 1.58. The van der Waals surface area contributed by atoms with Crippen LogP contribution in [0.4, 0.5) is 5.69 Å². The smallest absolute Gasteiger partial charge is 0.320 e. The zero-order chi connectivity index (χ0) is 13.7. The van der Waals surface area contributed by atoms with Gasteiger partial charge >= 0.3 is 5.97 Å². The molecule has 0 heterocycles. The second-order valence-electron chi connectivity index (χ2n) is 3.98. The Bertz CT molecular complexity index is 437. The summed E-state index contributed by atoms with van der Waals surface area (Å²) in [5.41, 5.74) is 0.626. The van der Waals surface area contributed by atoms with E-state index in [-0.39, 0.29) is 24.9 Å². The minimum Gasteiger partial charge on any atom is -0.480 e. The molecule has 0 saturated carbocycles. The monoisotopic (exact) mass is 306 g/mol. The number of carbonyl (C=O) groups is 2. The lowest BCUT2D eigenvalue weighted by atomic mass is 10.3. The van der Waals surface area contributed by atoms with Gasteiger partial charge in [-0.2, -0.15) is 0 Å². The maximum atomic E-state index is 11.7. The first-order chi connectivity index (χ1) is 8.40. The minimum absolute atomic E-state index is 0. The third kappa shape index (κ3) is 5.92. The molecule has 0 aliphatic carbocycles. The van der Waals surface area contributed by atoms with E-state index < -0.39 is 12.0 Å². The van der Waals surface area contributed by atoms with Gasteiger partial charge in [0.05, 0.1) is 6.54 Å². The second-order valence-corrected chi connectivity index (χ2v) is 4.42. The van der Waals surface area contributed by atoms with Gasteiger partial charge < -0.3 is 10.4 Å². The molecular formula is C12H16Cl2N2O3. The van der Waals surface area contributed by atoms with Crippen molar-refractivity contribution >= 4 is 41.6 Å². The molecule has 1 rings (SSSR count). The Morgan fingerprint density at radius 3 is 2.37 bits per heavy atom. The number of anilines is 1. The van der Waals surface area contributed by atoms with E-state index in [2.05, 4.69) is 5.32 Å². The van der Waals surface area contributed by atoms with Crippen molar-refractivity contribution in [2.24, 2.45) is 0 Å². The number of nitrogens with zero attached hydrogens (tertiary/aromatic N) is 1. The van der Waals surface area contributed by atoms with Crippen molar-refractivity contribution in [2.45, 2.75) is 13.0 Å². The van der Waals surface area contributed by atoms with E-state index in [4.69, 9.17) is 16.7 Å². The van der Waals surface area contributed by atoms with Crippen molar-refractivity contribution in [3.8, 4) is 0 Å². The van der Waals surface area contributed by atoms with Crippen molar-refractivity contribution in [1.29, 1.82) is 0 Å². The highest BCUT2D eigenvalue weighted by Gasteiger charge is 2.18. The van der Waals surface area contributed by atoms with Crippen molar-refractivity contribution in [2.75, 3.05) is 18.9 Å². The number of hydrogen-bond donors (Lipinski definition) is 2. The average molecular weight is 307 g/mol. The molecule has 106 valence electrons. The number of carboxylic acid groups (broad SMARTS) is 1. The largest absolute Gasteiger partial charge is 0.480 e. The van der Waals surface area contributed by atoms with Gasteiger partial charge in [-0.1, -0.05) is 11.6 Å². The fourth-order valence-corrected chi connectivity index (χ4v) is 1.41. The molecule has 0 aromatic heterocycles. The number of carboxylic acids is 1. The fourth-order valence-electron chi connectivity index (χ4n) is 1.29. The zero-order valence-electron chi connectivity index (χ0n) is 10.6. The highest BCUT2D eigenvalue weighted by molar-refractivity contribution is 6.30. The third-order valence-corrected chi connectivity index (χ3v) is 2.79. The van der Waals surface area contributed by atoms with Crippen LogP contribution in [-0.2, 0) is 9.59 Å². The summed E-state index contributed by atoms with van der Waals surface area (Å²) in [5.74, 6) is -1.23. The van der Waals surface area contributed by atoms with Crippen LogP contribution in [0.3, 0.4) is 0 Å². The molecule has 2 N–H and O–H groups in total. The fraction of sp³-hybridized carbons (Fsp3) is 0.333. The topological polar surface area (TPSA) is 69.6 Å². The van der Waals surface area contributed by atoms with Crippen LogP contribution in [-0.4, -0.2) is 41.5 Å². The summed E-state index contributed by atoms with van der Waals surface area (Å²) in [5, 5.41) is 12.0. The number of nitrogens with one attached hydrogen (secondary N) is 1. The molecule has 1 atom stereocenters. The van der Waals surface area contributed by atoms with Crippen LogP contribution in [0.15, 0.2) is 24.3 Å². The Labute approximate surface area is 123 Å². The normalized spacial score (nSPS) is 11.6. The molecule has 5 nitrogen and oxygen atoms in total. The van der Waals surface area contributed by atoms with Crippen LogP contribution < -0.4 is 5.32 Å². The summed E-state index contributed by atoms with van der Waals surface area (Å²) in [4.78, 5) is 23.8. The molecule has 0 aliphatic heterocycles. The van der Waals surface area contributed by atoms with Crippen LogP contribution in [0.5, 0.6) is 0 Å².